The zero-order chi connectivity index (χ0) is 15.7. The Bertz CT molecular complexity index is 339. The molecule has 0 aromatic rings. The predicted molar refractivity (Wildman–Crippen MR) is 96.8 cm³/mol. The Balaban J connectivity index is 2.24. The Morgan fingerprint density at radius 3 is 2.29 bits per heavy atom. The third kappa shape index (κ3) is 5.78. The largest absolute Gasteiger partial charge is 0.392 e. The van der Waals surface area contributed by atoms with Gasteiger partial charge in [0.25, 0.3) is 0 Å². The highest BCUT2D eigenvalue weighted by Gasteiger charge is 2.37. The minimum absolute atomic E-state index is 0.0910. The van der Waals surface area contributed by atoms with E-state index in [1.54, 1.807) is 11.8 Å². The summed E-state index contributed by atoms with van der Waals surface area (Å²) in [6.07, 6.45) is 11.9. The smallest absolute Gasteiger partial charge is 0.222 e. The van der Waals surface area contributed by atoms with E-state index in [4.69, 9.17) is 18.0 Å². The molecule has 122 valence electrons. The molecule has 0 aromatic heterocycles. The molecule has 0 radical (unpaired) electrons. The van der Waals surface area contributed by atoms with E-state index in [0.717, 1.165) is 32.4 Å². The lowest BCUT2D eigenvalue weighted by atomic mass is 9.95. The van der Waals surface area contributed by atoms with Crippen LogP contribution in [0.25, 0.3) is 0 Å². The monoisotopic (exact) mass is 330 g/mol. The fourth-order valence-electron chi connectivity index (χ4n) is 2.88. The highest BCUT2D eigenvalue weighted by atomic mass is 32.2. The minimum atomic E-state index is -0.0910. The maximum Gasteiger partial charge on any atom is 0.222 e. The van der Waals surface area contributed by atoms with Gasteiger partial charge < -0.3 is 10.6 Å². The molecule has 0 aromatic carbocycles. The van der Waals surface area contributed by atoms with Crippen LogP contribution >= 0.6 is 24.0 Å². The zero-order valence-corrected chi connectivity index (χ0v) is 15.2. The molecule has 0 unspecified atom stereocenters. The number of piperidine rings is 1. The maximum atomic E-state index is 12.2. The number of nitrogens with two attached hydrogens (primary N) is 1. The van der Waals surface area contributed by atoms with Crippen LogP contribution in [0.5, 0.6) is 0 Å². The fourth-order valence-corrected chi connectivity index (χ4v) is 4.13. The van der Waals surface area contributed by atoms with Crippen LogP contribution < -0.4 is 5.73 Å². The molecule has 1 saturated heterocycles. The fraction of sp³-hybridized carbons (Fsp3) is 0.875. The summed E-state index contributed by atoms with van der Waals surface area (Å²) in [5, 5.41) is 0. The van der Waals surface area contributed by atoms with Crippen molar-refractivity contribution in [3.63, 3.8) is 0 Å². The molecular formula is C16H30N2OS2. The van der Waals surface area contributed by atoms with Crippen LogP contribution in [-0.2, 0) is 4.79 Å². The molecule has 0 bridgehead atoms. The second-order valence-corrected chi connectivity index (χ2v) is 7.59. The number of carbonyl (C=O) groups is 1. The predicted octanol–water partition coefficient (Wildman–Crippen LogP) is 3.75. The van der Waals surface area contributed by atoms with Gasteiger partial charge in [0.05, 0.1) is 9.74 Å². The molecule has 2 N–H and O–H groups in total. The molecule has 0 atom stereocenters. The lowest BCUT2D eigenvalue weighted by molar-refractivity contribution is -0.132. The summed E-state index contributed by atoms with van der Waals surface area (Å²) in [6, 6.07) is 0. The number of thiocarbonyl (C=S) groups is 1. The summed E-state index contributed by atoms with van der Waals surface area (Å²) in [5.74, 6) is 0.308. The van der Waals surface area contributed by atoms with Crippen molar-refractivity contribution in [3.8, 4) is 0 Å². The number of thioether (sulfide) groups is 1. The van der Waals surface area contributed by atoms with E-state index >= 15 is 0 Å². The highest BCUT2D eigenvalue weighted by Crippen LogP contribution is 2.35. The van der Waals surface area contributed by atoms with Gasteiger partial charge in [-0.15, -0.1) is 0 Å². The van der Waals surface area contributed by atoms with E-state index in [0.29, 0.717) is 17.3 Å². The topological polar surface area (TPSA) is 46.3 Å². The molecule has 1 rings (SSSR count). The van der Waals surface area contributed by atoms with E-state index < -0.39 is 0 Å². The van der Waals surface area contributed by atoms with Gasteiger partial charge in [-0.25, -0.2) is 0 Å². The third-order valence-corrected chi connectivity index (χ3v) is 6.44. The number of hydrogen-bond donors (Lipinski definition) is 1. The van der Waals surface area contributed by atoms with Gasteiger partial charge in [-0.2, -0.15) is 11.8 Å². The van der Waals surface area contributed by atoms with Gasteiger partial charge in [0.2, 0.25) is 5.91 Å². The van der Waals surface area contributed by atoms with Crippen LogP contribution in [-0.4, -0.2) is 39.9 Å². The number of nitrogens with zero attached hydrogens (tertiary/aromatic N) is 1. The van der Waals surface area contributed by atoms with Gasteiger partial charge in [-0.1, -0.05) is 51.2 Å². The van der Waals surface area contributed by atoms with Crippen LogP contribution in [0, 0.1) is 0 Å². The number of unbranched alkanes of at least 4 members (excludes halogenated alkanes) is 5. The minimum Gasteiger partial charge on any atom is -0.392 e. The lowest BCUT2D eigenvalue weighted by Crippen LogP contribution is -2.50. The molecule has 0 spiro atoms. The average Bonchev–Trinajstić information content (AvgIpc) is 2.50. The Morgan fingerprint density at radius 1 is 1.19 bits per heavy atom. The van der Waals surface area contributed by atoms with Crippen LogP contribution in [0.1, 0.15) is 64.7 Å². The van der Waals surface area contributed by atoms with Crippen LogP contribution in [0.15, 0.2) is 0 Å². The van der Waals surface area contributed by atoms with Gasteiger partial charge in [0, 0.05) is 19.5 Å². The number of amides is 1. The second-order valence-electron chi connectivity index (χ2n) is 5.96. The molecule has 1 heterocycles. The van der Waals surface area contributed by atoms with Crippen molar-refractivity contribution >= 4 is 34.9 Å². The highest BCUT2D eigenvalue weighted by molar-refractivity contribution is 8.02. The van der Waals surface area contributed by atoms with E-state index in [-0.39, 0.29) is 4.75 Å². The zero-order valence-electron chi connectivity index (χ0n) is 13.5. The number of carbonyl (C=O) groups excluding carboxylic acids is 1. The molecular weight excluding hydrogens is 300 g/mol. The molecule has 5 heteroatoms. The molecule has 0 aliphatic carbocycles. The molecule has 3 nitrogen and oxygen atoms in total. The van der Waals surface area contributed by atoms with Gasteiger partial charge >= 0.3 is 0 Å². The van der Waals surface area contributed by atoms with Crippen molar-refractivity contribution in [2.24, 2.45) is 5.73 Å². The molecule has 1 amide bonds. The summed E-state index contributed by atoms with van der Waals surface area (Å²) >= 11 is 6.95. The van der Waals surface area contributed by atoms with Crippen LogP contribution in [0.2, 0.25) is 0 Å². The summed E-state index contributed by atoms with van der Waals surface area (Å²) < 4.78 is -0.0910. The van der Waals surface area contributed by atoms with Crippen molar-refractivity contribution in [3.05, 3.63) is 0 Å². The standard InChI is InChI=1S/C16H30N2OS2/c1-3-4-5-6-7-8-9-14(19)18-12-10-16(21-2,11-13-18)15(17)20/h3-13H2,1-2H3,(H2,17,20). The first-order chi connectivity index (χ1) is 10.1. The number of hydrogen-bond acceptors (Lipinski definition) is 3. The first-order valence-corrected chi connectivity index (χ1v) is 9.82. The van der Waals surface area contributed by atoms with Crippen LogP contribution in [0.4, 0.5) is 0 Å². The Kier molecular flexibility index (Phi) is 8.64. The number of rotatable bonds is 9. The quantitative estimate of drug-likeness (QED) is 0.517. The Labute approximate surface area is 139 Å². The lowest BCUT2D eigenvalue weighted by Gasteiger charge is -2.40. The second kappa shape index (κ2) is 9.67. The van der Waals surface area contributed by atoms with Gasteiger partial charge in [0.15, 0.2) is 0 Å². The molecule has 0 saturated carbocycles. The Morgan fingerprint density at radius 2 is 1.76 bits per heavy atom. The summed E-state index contributed by atoms with van der Waals surface area (Å²) in [4.78, 5) is 14.8. The average molecular weight is 331 g/mol. The van der Waals surface area contributed by atoms with Crippen molar-refractivity contribution in [1.82, 2.24) is 4.90 Å². The summed E-state index contributed by atoms with van der Waals surface area (Å²) in [7, 11) is 0. The third-order valence-electron chi connectivity index (χ3n) is 4.51. The molecule has 1 aliphatic rings. The molecule has 1 aliphatic heterocycles. The van der Waals surface area contributed by atoms with Gasteiger partial charge in [-0.05, 0) is 25.5 Å². The maximum absolute atomic E-state index is 12.2. The van der Waals surface area contributed by atoms with Crippen molar-refractivity contribution in [1.29, 1.82) is 0 Å². The van der Waals surface area contributed by atoms with Gasteiger partial charge in [-0.3, -0.25) is 4.79 Å². The van der Waals surface area contributed by atoms with Crippen molar-refractivity contribution in [2.75, 3.05) is 19.3 Å². The summed E-state index contributed by atoms with van der Waals surface area (Å²) in [5.41, 5.74) is 5.88. The van der Waals surface area contributed by atoms with E-state index in [9.17, 15) is 4.79 Å². The first-order valence-electron chi connectivity index (χ1n) is 8.18. The number of likely N-dealkylation sites (tertiary alicyclic amines) is 1. The normalized spacial score (nSPS) is 17.7. The van der Waals surface area contributed by atoms with E-state index in [1.807, 2.05) is 4.90 Å². The SMILES string of the molecule is CCCCCCCCC(=O)N1CCC(SC)(C(N)=S)CC1. The van der Waals surface area contributed by atoms with Crippen molar-refractivity contribution in [2.45, 2.75) is 69.5 Å². The van der Waals surface area contributed by atoms with E-state index in [2.05, 4.69) is 13.2 Å². The van der Waals surface area contributed by atoms with Gasteiger partial charge in [0.1, 0.15) is 0 Å². The Hall–Kier alpha value is -0.290. The molecule has 1 fully saturated rings. The van der Waals surface area contributed by atoms with Crippen LogP contribution in [0.3, 0.4) is 0 Å². The first kappa shape index (κ1) is 18.8. The van der Waals surface area contributed by atoms with E-state index in [1.165, 1.54) is 32.1 Å². The summed E-state index contributed by atoms with van der Waals surface area (Å²) in [6.45, 7) is 3.82. The van der Waals surface area contributed by atoms with Crippen molar-refractivity contribution < 1.29 is 4.79 Å². The molecule has 21 heavy (non-hydrogen) atoms.